The number of thiazole rings is 1. The molecule has 0 saturated heterocycles. The van der Waals surface area contributed by atoms with Crippen molar-refractivity contribution in [1.82, 2.24) is 9.88 Å². The number of halogens is 1. The van der Waals surface area contributed by atoms with E-state index in [1.165, 1.54) is 11.3 Å². The van der Waals surface area contributed by atoms with Crippen LogP contribution in [-0.2, 0) is 6.54 Å². The van der Waals surface area contributed by atoms with E-state index in [9.17, 15) is 4.79 Å². The second kappa shape index (κ2) is 6.36. The third kappa shape index (κ3) is 3.16. The smallest absolute Gasteiger partial charge is 0.274 e. The molecule has 1 saturated carbocycles. The Labute approximate surface area is 138 Å². The monoisotopic (exact) mass is 335 g/mol. The molecule has 0 aliphatic heterocycles. The maximum Gasteiger partial charge on any atom is 0.274 e. The zero-order chi connectivity index (χ0) is 15.7. The molecule has 0 bridgehead atoms. The SMILES string of the molecule is CC(c1ccc(Cl)cc1)N(C(=O)c1csc(CN)n1)C1CC1. The minimum Gasteiger partial charge on any atom is -0.328 e. The molecule has 6 heteroatoms. The van der Waals surface area contributed by atoms with Gasteiger partial charge in [0, 0.05) is 23.0 Å². The number of benzene rings is 1. The molecule has 4 nitrogen and oxygen atoms in total. The first-order chi connectivity index (χ1) is 10.6. The summed E-state index contributed by atoms with van der Waals surface area (Å²) >= 11 is 7.38. The zero-order valence-electron chi connectivity index (χ0n) is 12.3. The first kappa shape index (κ1) is 15.5. The van der Waals surface area contributed by atoms with Gasteiger partial charge >= 0.3 is 0 Å². The summed E-state index contributed by atoms with van der Waals surface area (Å²) in [6.45, 7) is 2.42. The normalized spacial score (nSPS) is 15.6. The number of amides is 1. The molecular formula is C16H18ClN3OS. The van der Waals surface area contributed by atoms with E-state index < -0.39 is 0 Å². The lowest BCUT2D eigenvalue weighted by molar-refractivity contribution is 0.0668. The molecule has 1 aliphatic carbocycles. The van der Waals surface area contributed by atoms with E-state index in [-0.39, 0.29) is 11.9 Å². The van der Waals surface area contributed by atoms with Crippen LogP contribution in [0.25, 0.3) is 0 Å². The summed E-state index contributed by atoms with van der Waals surface area (Å²) in [6.07, 6.45) is 2.11. The third-order valence-corrected chi connectivity index (χ3v) is 5.01. The Kier molecular flexibility index (Phi) is 4.47. The lowest BCUT2D eigenvalue weighted by atomic mass is 10.1. The highest BCUT2D eigenvalue weighted by Crippen LogP contribution is 2.36. The fourth-order valence-electron chi connectivity index (χ4n) is 2.55. The Morgan fingerprint density at radius 3 is 2.68 bits per heavy atom. The average Bonchev–Trinajstić information content (AvgIpc) is 3.23. The molecule has 0 spiro atoms. The highest BCUT2D eigenvalue weighted by Gasteiger charge is 2.37. The van der Waals surface area contributed by atoms with Gasteiger partial charge in [0.1, 0.15) is 10.7 Å². The summed E-state index contributed by atoms with van der Waals surface area (Å²) in [6, 6.07) is 7.97. The molecule has 1 aromatic heterocycles. The van der Waals surface area contributed by atoms with Crippen molar-refractivity contribution in [1.29, 1.82) is 0 Å². The first-order valence-corrected chi connectivity index (χ1v) is 8.58. The van der Waals surface area contributed by atoms with Gasteiger partial charge in [-0.2, -0.15) is 0 Å². The quantitative estimate of drug-likeness (QED) is 0.907. The van der Waals surface area contributed by atoms with E-state index in [4.69, 9.17) is 17.3 Å². The van der Waals surface area contributed by atoms with Crippen molar-refractivity contribution >= 4 is 28.8 Å². The van der Waals surface area contributed by atoms with Gasteiger partial charge in [0.15, 0.2) is 0 Å². The van der Waals surface area contributed by atoms with Gasteiger partial charge in [-0.25, -0.2) is 4.98 Å². The summed E-state index contributed by atoms with van der Waals surface area (Å²) in [5, 5.41) is 3.29. The molecule has 1 heterocycles. The molecule has 1 unspecified atom stereocenters. The Morgan fingerprint density at radius 1 is 1.45 bits per heavy atom. The number of carbonyl (C=O) groups excluding carboxylic acids is 1. The maximum absolute atomic E-state index is 12.8. The molecule has 1 aliphatic rings. The van der Waals surface area contributed by atoms with Gasteiger partial charge < -0.3 is 10.6 Å². The lowest BCUT2D eigenvalue weighted by Gasteiger charge is -2.29. The molecule has 1 atom stereocenters. The van der Waals surface area contributed by atoms with E-state index >= 15 is 0 Å². The van der Waals surface area contributed by atoms with Crippen molar-refractivity contribution in [3.63, 3.8) is 0 Å². The topological polar surface area (TPSA) is 59.2 Å². The largest absolute Gasteiger partial charge is 0.328 e. The molecule has 2 N–H and O–H groups in total. The fraction of sp³-hybridized carbons (Fsp3) is 0.375. The van der Waals surface area contributed by atoms with E-state index in [0.29, 0.717) is 23.3 Å². The van der Waals surface area contributed by atoms with Crippen LogP contribution in [0.15, 0.2) is 29.6 Å². The standard InChI is InChI=1S/C16H18ClN3OS/c1-10(11-2-4-12(17)5-3-11)20(13-6-7-13)16(21)14-9-22-15(8-18)19-14/h2-5,9-10,13H,6-8,18H2,1H3. The van der Waals surface area contributed by atoms with Gasteiger partial charge in [-0.3, -0.25) is 4.79 Å². The predicted octanol–water partition coefficient (Wildman–Crippen LogP) is 3.62. The minimum atomic E-state index is -0.0131. The number of aromatic nitrogens is 1. The van der Waals surface area contributed by atoms with Crippen molar-refractivity contribution < 1.29 is 4.79 Å². The number of rotatable bonds is 5. The van der Waals surface area contributed by atoms with Gasteiger partial charge in [-0.1, -0.05) is 23.7 Å². The number of carbonyl (C=O) groups is 1. The van der Waals surface area contributed by atoms with E-state index in [1.54, 1.807) is 5.38 Å². The Balaban J connectivity index is 1.85. The number of hydrogen-bond acceptors (Lipinski definition) is 4. The Hall–Kier alpha value is -1.43. The second-order valence-electron chi connectivity index (χ2n) is 5.50. The summed E-state index contributed by atoms with van der Waals surface area (Å²) < 4.78 is 0. The molecule has 116 valence electrons. The molecule has 1 amide bonds. The van der Waals surface area contributed by atoms with Gasteiger partial charge in [0.2, 0.25) is 0 Å². The number of nitrogens with zero attached hydrogens (tertiary/aromatic N) is 2. The molecule has 1 aromatic carbocycles. The summed E-state index contributed by atoms with van der Waals surface area (Å²) in [5.41, 5.74) is 7.17. The highest BCUT2D eigenvalue weighted by molar-refractivity contribution is 7.09. The second-order valence-corrected chi connectivity index (χ2v) is 6.88. The van der Waals surface area contributed by atoms with Crippen LogP contribution in [0.1, 0.15) is 46.9 Å². The van der Waals surface area contributed by atoms with Gasteiger partial charge in [0.05, 0.1) is 6.04 Å². The number of nitrogens with two attached hydrogens (primary N) is 1. The Bertz CT molecular complexity index is 666. The van der Waals surface area contributed by atoms with Crippen LogP contribution in [0.5, 0.6) is 0 Å². The fourth-order valence-corrected chi connectivity index (χ4v) is 3.32. The van der Waals surface area contributed by atoms with Crippen molar-refractivity contribution in [3.05, 3.63) is 50.9 Å². The molecular weight excluding hydrogens is 318 g/mol. The van der Waals surface area contributed by atoms with Gasteiger partial charge in [-0.15, -0.1) is 11.3 Å². The molecule has 1 fully saturated rings. The first-order valence-electron chi connectivity index (χ1n) is 7.32. The molecule has 3 rings (SSSR count). The lowest BCUT2D eigenvalue weighted by Crippen LogP contribution is -2.35. The van der Waals surface area contributed by atoms with Gasteiger partial charge in [0.25, 0.3) is 5.91 Å². The summed E-state index contributed by atoms with van der Waals surface area (Å²) in [7, 11) is 0. The molecule has 22 heavy (non-hydrogen) atoms. The molecule has 0 radical (unpaired) electrons. The zero-order valence-corrected chi connectivity index (χ0v) is 13.9. The van der Waals surface area contributed by atoms with Gasteiger partial charge in [-0.05, 0) is 37.5 Å². The van der Waals surface area contributed by atoms with Crippen molar-refractivity contribution in [2.45, 2.75) is 38.4 Å². The van der Waals surface area contributed by atoms with E-state index in [1.807, 2.05) is 29.2 Å². The molecule has 2 aromatic rings. The van der Waals surface area contributed by atoms with Crippen molar-refractivity contribution in [2.24, 2.45) is 5.73 Å². The summed E-state index contributed by atoms with van der Waals surface area (Å²) in [5.74, 6) is -0.0131. The number of hydrogen-bond donors (Lipinski definition) is 1. The minimum absolute atomic E-state index is 0.000271. The van der Waals surface area contributed by atoms with Crippen LogP contribution in [0, 0.1) is 0 Å². The van der Waals surface area contributed by atoms with Crippen LogP contribution in [0.2, 0.25) is 5.02 Å². The van der Waals surface area contributed by atoms with Crippen LogP contribution >= 0.6 is 22.9 Å². The van der Waals surface area contributed by atoms with Crippen LogP contribution in [0.4, 0.5) is 0 Å². The van der Waals surface area contributed by atoms with Crippen LogP contribution < -0.4 is 5.73 Å². The average molecular weight is 336 g/mol. The van der Waals surface area contributed by atoms with Crippen molar-refractivity contribution in [2.75, 3.05) is 0 Å². The Morgan fingerprint density at radius 2 is 2.14 bits per heavy atom. The van der Waals surface area contributed by atoms with E-state index in [0.717, 1.165) is 23.4 Å². The van der Waals surface area contributed by atoms with Crippen LogP contribution in [0.3, 0.4) is 0 Å². The predicted molar refractivity (Wildman–Crippen MR) is 89.1 cm³/mol. The highest BCUT2D eigenvalue weighted by atomic mass is 35.5. The van der Waals surface area contributed by atoms with Crippen LogP contribution in [-0.4, -0.2) is 21.8 Å². The summed E-state index contributed by atoms with van der Waals surface area (Å²) in [4.78, 5) is 19.1. The van der Waals surface area contributed by atoms with E-state index in [2.05, 4.69) is 11.9 Å². The van der Waals surface area contributed by atoms with Crippen molar-refractivity contribution in [3.8, 4) is 0 Å². The third-order valence-electron chi connectivity index (χ3n) is 3.89. The maximum atomic E-state index is 12.8.